The molecule has 0 saturated carbocycles. The van der Waals surface area contributed by atoms with Crippen LogP contribution in [-0.4, -0.2) is 23.6 Å². The molecule has 0 aliphatic carbocycles. The van der Waals surface area contributed by atoms with Gasteiger partial charge >= 0.3 is 0 Å². The van der Waals surface area contributed by atoms with Gasteiger partial charge in [0.2, 0.25) is 0 Å². The fourth-order valence-corrected chi connectivity index (χ4v) is 1.72. The minimum absolute atomic E-state index is 0.282. The van der Waals surface area contributed by atoms with Gasteiger partial charge in [-0.15, -0.1) is 0 Å². The van der Waals surface area contributed by atoms with E-state index in [0.29, 0.717) is 5.25 Å². The number of hydrogen-bond acceptors (Lipinski definition) is 2. The summed E-state index contributed by atoms with van der Waals surface area (Å²) in [6.45, 7) is 5.69. The minimum Gasteiger partial charge on any atom is -0.308 e. The molecular weight excluding hydrogens is 166 g/mol. The van der Waals surface area contributed by atoms with Crippen molar-refractivity contribution in [1.29, 1.82) is 0 Å². The average molecular weight is 185 g/mol. The van der Waals surface area contributed by atoms with Crippen LogP contribution in [0.4, 0.5) is 0 Å². The summed E-state index contributed by atoms with van der Waals surface area (Å²) in [5, 5.41) is 4.16. The minimum atomic E-state index is 0.282. The van der Waals surface area contributed by atoms with E-state index < -0.39 is 0 Å². The molecule has 12 heavy (non-hydrogen) atoms. The highest BCUT2D eigenvalue weighted by atomic mass is 32.2. The molecule has 1 nitrogen and oxygen atoms in total. The van der Waals surface area contributed by atoms with Crippen LogP contribution in [0.2, 0.25) is 0 Å². The van der Waals surface area contributed by atoms with E-state index >= 15 is 0 Å². The molecule has 0 bridgehead atoms. The molecule has 0 amide bonds. The van der Waals surface area contributed by atoms with Crippen molar-refractivity contribution in [2.45, 2.75) is 37.5 Å². The molecular formula is C10H19NS. The quantitative estimate of drug-likeness (QED) is 0.678. The molecule has 1 aliphatic heterocycles. The van der Waals surface area contributed by atoms with Crippen molar-refractivity contribution in [2.24, 2.45) is 0 Å². The summed E-state index contributed by atoms with van der Waals surface area (Å²) in [5.41, 5.74) is 0.282. The van der Waals surface area contributed by atoms with Gasteiger partial charge in [-0.25, -0.2) is 0 Å². The van der Waals surface area contributed by atoms with Crippen molar-refractivity contribution in [3.8, 4) is 0 Å². The first-order valence-electron chi connectivity index (χ1n) is 4.63. The molecule has 1 heterocycles. The molecule has 1 fully saturated rings. The third kappa shape index (κ3) is 2.83. The van der Waals surface area contributed by atoms with Gasteiger partial charge in [-0.05, 0) is 39.5 Å². The SMILES string of the molecule is CSC(C)/C=C/C1(C)CCCN1. The highest BCUT2D eigenvalue weighted by molar-refractivity contribution is 7.99. The molecule has 0 aromatic heterocycles. The van der Waals surface area contributed by atoms with Crippen molar-refractivity contribution in [1.82, 2.24) is 5.32 Å². The van der Waals surface area contributed by atoms with Crippen molar-refractivity contribution in [2.75, 3.05) is 12.8 Å². The molecule has 0 spiro atoms. The van der Waals surface area contributed by atoms with Crippen molar-refractivity contribution < 1.29 is 0 Å². The van der Waals surface area contributed by atoms with E-state index in [0.717, 1.165) is 0 Å². The van der Waals surface area contributed by atoms with Crippen molar-refractivity contribution >= 4 is 11.8 Å². The van der Waals surface area contributed by atoms with E-state index in [-0.39, 0.29) is 5.54 Å². The van der Waals surface area contributed by atoms with E-state index in [2.05, 4.69) is 37.6 Å². The Hall–Kier alpha value is 0.0500. The maximum atomic E-state index is 3.52. The first kappa shape index (κ1) is 10.1. The van der Waals surface area contributed by atoms with E-state index in [1.807, 2.05) is 11.8 Å². The van der Waals surface area contributed by atoms with Gasteiger partial charge in [0.05, 0.1) is 0 Å². The molecule has 0 aromatic carbocycles. The molecule has 2 unspecified atom stereocenters. The number of thioether (sulfide) groups is 1. The molecule has 1 saturated heterocycles. The third-order valence-electron chi connectivity index (χ3n) is 2.51. The Bertz CT molecular complexity index is 159. The van der Waals surface area contributed by atoms with Crippen LogP contribution < -0.4 is 5.32 Å². The lowest BCUT2D eigenvalue weighted by Crippen LogP contribution is -2.33. The second-order valence-electron chi connectivity index (χ2n) is 3.75. The predicted molar refractivity (Wildman–Crippen MR) is 57.8 cm³/mol. The van der Waals surface area contributed by atoms with Gasteiger partial charge in [0.1, 0.15) is 0 Å². The Morgan fingerprint density at radius 3 is 2.83 bits per heavy atom. The Labute approximate surface area is 80.0 Å². The van der Waals surface area contributed by atoms with Gasteiger partial charge in [0.25, 0.3) is 0 Å². The Kier molecular flexibility index (Phi) is 3.66. The van der Waals surface area contributed by atoms with Crippen LogP contribution in [-0.2, 0) is 0 Å². The number of hydrogen-bond donors (Lipinski definition) is 1. The van der Waals surface area contributed by atoms with Crippen LogP contribution in [0, 0.1) is 0 Å². The molecule has 1 aliphatic rings. The van der Waals surface area contributed by atoms with Gasteiger partial charge in [-0.1, -0.05) is 12.2 Å². The van der Waals surface area contributed by atoms with Crippen LogP contribution in [0.25, 0.3) is 0 Å². The molecule has 2 atom stereocenters. The first-order valence-corrected chi connectivity index (χ1v) is 5.92. The fraction of sp³-hybridized carbons (Fsp3) is 0.800. The van der Waals surface area contributed by atoms with Crippen LogP contribution >= 0.6 is 11.8 Å². The van der Waals surface area contributed by atoms with E-state index in [4.69, 9.17) is 0 Å². The third-order valence-corrected chi connectivity index (χ3v) is 3.41. The van der Waals surface area contributed by atoms with E-state index in [1.54, 1.807) is 0 Å². The van der Waals surface area contributed by atoms with Gasteiger partial charge in [0.15, 0.2) is 0 Å². The molecule has 0 aromatic rings. The lowest BCUT2D eigenvalue weighted by molar-refractivity contribution is 0.518. The van der Waals surface area contributed by atoms with Gasteiger partial charge in [0, 0.05) is 10.8 Å². The van der Waals surface area contributed by atoms with Crippen molar-refractivity contribution in [3.05, 3.63) is 12.2 Å². The van der Waals surface area contributed by atoms with Crippen LogP contribution in [0.5, 0.6) is 0 Å². The number of nitrogens with one attached hydrogen (secondary N) is 1. The Morgan fingerprint density at radius 1 is 1.58 bits per heavy atom. The smallest absolute Gasteiger partial charge is 0.0336 e. The largest absolute Gasteiger partial charge is 0.308 e. The van der Waals surface area contributed by atoms with Crippen LogP contribution in [0.3, 0.4) is 0 Å². The lowest BCUT2D eigenvalue weighted by Gasteiger charge is -2.19. The molecule has 0 radical (unpaired) electrons. The zero-order valence-electron chi connectivity index (χ0n) is 8.26. The normalized spacial score (nSPS) is 32.9. The summed E-state index contributed by atoms with van der Waals surface area (Å²) >= 11 is 1.89. The predicted octanol–water partition coefficient (Wildman–Crippen LogP) is 2.44. The highest BCUT2D eigenvalue weighted by Crippen LogP contribution is 2.21. The van der Waals surface area contributed by atoms with Gasteiger partial charge in [-0.2, -0.15) is 11.8 Å². The fourth-order valence-electron chi connectivity index (χ4n) is 1.49. The summed E-state index contributed by atoms with van der Waals surface area (Å²) in [7, 11) is 0. The standard InChI is InChI=1S/C10H19NS/c1-9(12-3)5-7-10(2)6-4-8-11-10/h5,7,9,11H,4,6,8H2,1-3H3/b7-5+. The summed E-state index contributed by atoms with van der Waals surface area (Å²) in [6, 6.07) is 0. The summed E-state index contributed by atoms with van der Waals surface area (Å²) in [5.74, 6) is 0. The molecule has 1 rings (SSSR count). The monoisotopic (exact) mass is 185 g/mol. The second-order valence-corrected chi connectivity index (χ2v) is 4.96. The molecule has 70 valence electrons. The van der Waals surface area contributed by atoms with Crippen LogP contribution in [0.1, 0.15) is 26.7 Å². The summed E-state index contributed by atoms with van der Waals surface area (Å²) in [4.78, 5) is 0. The van der Waals surface area contributed by atoms with Gasteiger partial charge < -0.3 is 5.32 Å². The topological polar surface area (TPSA) is 12.0 Å². The summed E-state index contributed by atoms with van der Waals surface area (Å²) in [6.07, 6.45) is 9.39. The average Bonchev–Trinajstić information content (AvgIpc) is 2.49. The highest BCUT2D eigenvalue weighted by Gasteiger charge is 2.24. The maximum Gasteiger partial charge on any atom is 0.0336 e. The Balaban J connectivity index is 2.42. The lowest BCUT2D eigenvalue weighted by atomic mass is 10.00. The first-order chi connectivity index (χ1) is 5.66. The molecule has 2 heteroatoms. The number of rotatable bonds is 3. The van der Waals surface area contributed by atoms with Crippen molar-refractivity contribution in [3.63, 3.8) is 0 Å². The maximum absolute atomic E-state index is 3.52. The van der Waals surface area contributed by atoms with E-state index in [9.17, 15) is 0 Å². The zero-order chi connectivity index (χ0) is 9.03. The summed E-state index contributed by atoms with van der Waals surface area (Å²) < 4.78 is 0. The second kappa shape index (κ2) is 4.33. The molecule has 1 N–H and O–H groups in total. The zero-order valence-corrected chi connectivity index (χ0v) is 9.08. The van der Waals surface area contributed by atoms with E-state index in [1.165, 1.54) is 19.4 Å². The van der Waals surface area contributed by atoms with Crippen LogP contribution in [0.15, 0.2) is 12.2 Å². The Morgan fingerprint density at radius 2 is 2.33 bits per heavy atom. The van der Waals surface area contributed by atoms with Gasteiger partial charge in [-0.3, -0.25) is 0 Å².